The topological polar surface area (TPSA) is 90.2 Å². The average Bonchev–Trinajstić information content (AvgIpc) is 3.24. The van der Waals surface area contributed by atoms with Gasteiger partial charge >= 0.3 is 0 Å². The van der Waals surface area contributed by atoms with Crippen LogP contribution in [0.1, 0.15) is 17.0 Å². The van der Waals surface area contributed by atoms with Crippen LogP contribution >= 0.6 is 12.4 Å². The summed E-state index contributed by atoms with van der Waals surface area (Å²) in [6, 6.07) is 17.1. The molecule has 0 bridgehead atoms. The average molecular weight is 414 g/mol. The molecule has 0 spiro atoms. The van der Waals surface area contributed by atoms with Gasteiger partial charge in [0.2, 0.25) is 0 Å². The standard InChI is InChI=1S/C21H23N5O2.ClH/c1-24-11-17(21(23-24)16-7-9-18(10-8-16)26(27)28)12-25-13-19(20(22)14-25)15-5-3-2-4-6-15;/h2-11,19-20H,12-14,22H2,1H3;1H/t19-,20+;/m0./s1. The molecule has 1 saturated heterocycles. The van der Waals surface area contributed by atoms with Gasteiger partial charge in [0, 0.05) is 68.1 Å². The Balaban J connectivity index is 0.00000240. The molecule has 2 N–H and O–H groups in total. The Morgan fingerprint density at radius 2 is 1.83 bits per heavy atom. The van der Waals surface area contributed by atoms with Crippen LogP contribution in [0.4, 0.5) is 5.69 Å². The monoisotopic (exact) mass is 413 g/mol. The van der Waals surface area contributed by atoms with Crippen LogP contribution in [0.5, 0.6) is 0 Å². The molecule has 1 aliphatic rings. The molecule has 2 aromatic carbocycles. The van der Waals surface area contributed by atoms with E-state index in [4.69, 9.17) is 5.73 Å². The summed E-state index contributed by atoms with van der Waals surface area (Å²) in [6.07, 6.45) is 2.01. The van der Waals surface area contributed by atoms with Crippen molar-refractivity contribution in [2.75, 3.05) is 13.1 Å². The normalized spacial score (nSPS) is 19.1. The van der Waals surface area contributed by atoms with Crippen molar-refractivity contribution in [3.63, 3.8) is 0 Å². The van der Waals surface area contributed by atoms with E-state index in [-0.39, 0.29) is 24.1 Å². The van der Waals surface area contributed by atoms with Gasteiger partial charge in [0.05, 0.1) is 10.6 Å². The van der Waals surface area contributed by atoms with Gasteiger partial charge in [-0.05, 0) is 17.7 Å². The SMILES string of the molecule is Cl.Cn1cc(CN2C[C@@H](N)[C@H](c3ccccc3)C2)c(-c2ccc([N+](=O)[O-])cc2)n1. The lowest BCUT2D eigenvalue weighted by Gasteiger charge is -2.16. The lowest BCUT2D eigenvalue weighted by atomic mass is 9.95. The Bertz CT molecular complexity index is 974. The van der Waals surface area contributed by atoms with Crippen LogP contribution < -0.4 is 5.73 Å². The number of halogens is 1. The molecule has 0 amide bonds. The summed E-state index contributed by atoms with van der Waals surface area (Å²) >= 11 is 0. The van der Waals surface area contributed by atoms with Crippen molar-refractivity contribution in [2.24, 2.45) is 12.8 Å². The highest BCUT2D eigenvalue weighted by Crippen LogP contribution is 2.30. The molecule has 3 aromatic rings. The second kappa shape index (κ2) is 8.73. The van der Waals surface area contributed by atoms with Crippen LogP contribution in [0.2, 0.25) is 0 Å². The van der Waals surface area contributed by atoms with Gasteiger partial charge in [-0.25, -0.2) is 0 Å². The summed E-state index contributed by atoms with van der Waals surface area (Å²) in [6.45, 7) is 2.48. The molecule has 1 aromatic heterocycles. The number of nitro groups is 1. The highest BCUT2D eigenvalue weighted by molar-refractivity contribution is 5.85. The van der Waals surface area contributed by atoms with Crippen LogP contribution in [0.3, 0.4) is 0 Å². The fourth-order valence-electron chi connectivity index (χ4n) is 3.97. The Hall–Kier alpha value is -2.74. The van der Waals surface area contributed by atoms with Crippen LogP contribution in [0, 0.1) is 10.1 Å². The first-order valence-electron chi connectivity index (χ1n) is 9.31. The lowest BCUT2D eigenvalue weighted by molar-refractivity contribution is -0.384. The van der Waals surface area contributed by atoms with Crippen molar-refractivity contribution >= 4 is 18.1 Å². The molecule has 0 saturated carbocycles. The maximum atomic E-state index is 10.9. The van der Waals surface area contributed by atoms with E-state index in [1.54, 1.807) is 16.8 Å². The number of hydrogen-bond donors (Lipinski definition) is 1. The first kappa shape index (κ1) is 21.0. The number of hydrogen-bond acceptors (Lipinski definition) is 5. The third kappa shape index (κ3) is 4.48. The van der Waals surface area contributed by atoms with Gasteiger partial charge in [0.25, 0.3) is 5.69 Å². The minimum absolute atomic E-state index is 0. The molecule has 2 atom stereocenters. The number of nitro benzene ring substituents is 1. The Morgan fingerprint density at radius 3 is 2.48 bits per heavy atom. The summed E-state index contributed by atoms with van der Waals surface area (Å²) in [5.74, 6) is 0.320. The van der Waals surface area contributed by atoms with Gasteiger partial charge in [0.1, 0.15) is 0 Å². The number of rotatable bonds is 5. The largest absolute Gasteiger partial charge is 0.326 e. The molecule has 152 valence electrons. The molecule has 4 rings (SSSR count). The molecule has 29 heavy (non-hydrogen) atoms. The zero-order valence-electron chi connectivity index (χ0n) is 16.1. The lowest BCUT2D eigenvalue weighted by Crippen LogP contribution is -2.28. The van der Waals surface area contributed by atoms with Crippen molar-refractivity contribution in [3.8, 4) is 11.3 Å². The molecule has 0 aliphatic carbocycles. The predicted molar refractivity (Wildman–Crippen MR) is 115 cm³/mol. The van der Waals surface area contributed by atoms with Gasteiger partial charge in [-0.2, -0.15) is 5.10 Å². The van der Waals surface area contributed by atoms with Gasteiger partial charge in [-0.15, -0.1) is 12.4 Å². The maximum absolute atomic E-state index is 10.9. The molecular weight excluding hydrogens is 390 g/mol. The summed E-state index contributed by atoms with van der Waals surface area (Å²) in [4.78, 5) is 12.9. The van der Waals surface area contributed by atoms with E-state index in [9.17, 15) is 10.1 Å². The first-order chi connectivity index (χ1) is 13.5. The van der Waals surface area contributed by atoms with Crippen molar-refractivity contribution in [3.05, 3.63) is 82.0 Å². The van der Waals surface area contributed by atoms with E-state index in [1.807, 2.05) is 19.3 Å². The number of non-ortho nitro benzene ring substituents is 1. The smallest absolute Gasteiger partial charge is 0.269 e. The predicted octanol–water partition coefficient (Wildman–Crippen LogP) is 3.34. The summed E-state index contributed by atoms with van der Waals surface area (Å²) in [5, 5.41) is 15.5. The Labute approximate surface area is 175 Å². The van der Waals surface area contributed by atoms with Crippen LogP contribution in [0.15, 0.2) is 60.8 Å². The zero-order valence-corrected chi connectivity index (χ0v) is 17.0. The Morgan fingerprint density at radius 1 is 1.14 bits per heavy atom. The molecule has 0 radical (unpaired) electrons. The van der Waals surface area contributed by atoms with E-state index in [0.717, 1.165) is 36.5 Å². The molecule has 1 aliphatic heterocycles. The van der Waals surface area contributed by atoms with Crippen LogP contribution in [-0.4, -0.2) is 38.7 Å². The minimum atomic E-state index is -0.390. The third-order valence-electron chi connectivity index (χ3n) is 5.32. The number of nitrogens with zero attached hydrogens (tertiary/aromatic N) is 4. The number of aromatic nitrogens is 2. The van der Waals surface area contributed by atoms with E-state index in [1.165, 1.54) is 17.7 Å². The maximum Gasteiger partial charge on any atom is 0.269 e. The fraction of sp³-hybridized carbons (Fsp3) is 0.286. The molecule has 7 nitrogen and oxygen atoms in total. The van der Waals surface area contributed by atoms with E-state index in [0.29, 0.717) is 5.92 Å². The third-order valence-corrected chi connectivity index (χ3v) is 5.32. The van der Waals surface area contributed by atoms with Crippen molar-refractivity contribution in [1.29, 1.82) is 0 Å². The van der Waals surface area contributed by atoms with Gasteiger partial charge in [0.15, 0.2) is 0 Å². The number of likely N-dealkylation sites (tertiary alicyclic amines) is 1. The fourth-order valence-corrected chi connectivity index (χ4v) is 3.97. The molecule has 1 fully saturated rings. The van der Waals surface area contributed by atoms with Gasteiger partial charge < -0.3 is 5.73 Å². The van der Waals surface area contributed by atoms with Crippen LogP contribution in [-0.2, 0) is 13.6 Å². The second-order valence-electron chi connectivity index (χ2n) is 7.36. The second-order valence-corrected chi connectivity index (χ2v) is 7.36. The van der Waals surface area contributed by atoms with Crippen molar-refractivity contribution in [1.82, 2.24) is 14.7 Å². The molecule has 8 heteroatoms. The van der Waals surface area contributed by atoms with E-state index < -0.39 is 4.92 Å². The number of nitrogens with two attached hydrogens (primary N) is 1. The van der Waals surface area contributed by atoms with E-state index >= 15 is 0 Å². The Kier molecular flexibility index (Phi) is 6.32. The highest BCUT2D eigenvalue weighted by Gasteiger charge is 2.31. The van der Waals surface area contributed by atoms with E-state index in [2.05, 4.69) is 34.3 Å². The molecule has 2 heterocycles. The van der Waals surface area contributed by atoms with Crippen molar-refractivity contribution < 1.29 is 4.92 Å². The number of aryl methyl sites for hydroxylation is 1. The summed E-state index contributed by atoms with van der Waals surface area (Å²) < 4.78 is 1.79. The molecule has 0 unspecified atom stereocenters. The highest BCUT2D eigenvalue weighted by atomic mass is 35.5. The first-order valence-corrected chi connectivity index (χ1v) is 9.31. The molecular formula is C21H24ClN5O2. The summed E-state index contributed by atoms with van der Waals surface area (Å²) in [7, 11) is 1.89. The zero-order chi connectivity index (χ0) is 19.7. The van der Waals surface area contributed by atoms with Crippen LogP contribution in [0.25, 0.3) is 11.3 Å². The quantitative estimate of drug-likeness (QED) is 0.511. The van der Waals surface area contributed by atoms with Gasteiger partial charge in [-0.3, -0.25) is 19.7 Å². The minimum Gasteiger partial charge on any atom is -0.326 e. The number of benzene rings is 2. The van der Waals surface area contributed by atoms with Gasteiger partial charge in [-0.1, -0.05) is 30.3 Å². The van der Waals surface area contributed by atoms with Crippen molar-refractivity contribution in [2.45, 2.75) is 18.5 Å². The summed E-state index contributed by atoms with van der Waals surface area (Å²) in [5.41, 5.74) is 10.6.